The first-order chi connectivity index (χ1) is 25.3. The number of halogens is 3. The van der Waals surface area contributed by atoms with Crippen molar-refractivity contribution in [2.75, 3.05) is 11.5 Å². The van der Waals surface area contributed by atoms with Crippen LogP contribution in [0.4, 0.5) is 0 Å². The molecule has 3 N–H and O–H groups in total. The number of aromatic nitrogens is 4. The standard InChI is InChI=1S/C37H36Cl2IN6O6S/c1-20-17-25(18-21(2)33(20)39)51-16-6-7-26-27-8-9-28(38)32(31-22(3)44-46(40-5)23(31)4)34(27)43-35(26)37(48)45-53(49,50)30-11-10-29(52-30)36(47)42-19-24-12-14-41-15-13-24/h8-15,17-18,43H,6-7,16,19H2,1-5H3,(H,42,47)(H,45,48)/q-1. The molecule has 2 amide bonds. The van der Waals surface area contributed by atoms with Crippen molar-refractivity contribution in [3.8, 4) is 16.9 Å². The predicted octanol–water partition coefficient (Wildman–Crippen LogP) is 4.10. The van der Waals surface area contributed by atoms with Crippen molar-refractivity contribution in [1.29, 1.82) is 0 Å². The van der Waals surface area contributed by atoms with Crippen molar-refractivity contribution in [1.82, 2.24) is 28.0 Å². The van der Waals surface area contributed by atoms with Crippen molar-refractivity contribution < 1.29 is 48.6 Å². The van der Waals surface area contributed by atoms with E-state index in [4.69, 9.17) is 37.5 Å². The molecule has 6 rings (SSSR count). The summed E-state index contributed by atoms with van der Waals surface area (Å²) in [7, 11) is -4.54. The first-order valence-electron chi connectivity index (χ1n) is 16.4. The Kier molecular flexibility index (Phi) is 11.5. The summed E-state index contributed by atoms with van der Waals surface area (Å²) in [5, 5.41) is 8.63. The van der Waals surface area contributed by atoms with Crippen LogP contribution in [0.1, 0.15) is 61.1 Å². The van der Waals surface area contributed by atoms with E-state index in [0.717, 1.165) is 39.7 Å². The zero-order valence-corrected chi connectivity index (χ0v) is 33.9. The molecule has 0 unspecified atom stereocenters. The number of aromatic amines is 1. The molecule has 0 saturated heterocycles. The molecule has 16 heteroatoms. The number of pyridine rings is 1. The van der Waals surface area contributed by atoms with Crippen LogP contribution in [0.2, 0.25) is 10.0 Å². The second kappa shape index (κ2) is 15.9. The number of amides is 2. The number of rotatable bonds is 13. The molecular weight excluding hydrogens is 854 g/mol. The van der Waals surface area contributed by atoms with Gasteiger partial charge in [-0.05, 0) is 60.9 Å². The summed E-state index contributed by atoms with van der Waals surface area (Å²) < 4.78 is 42.5. The predicted molar refractivity (Wildman–Crippen MR) is 199 cm³/mol. The van der Waals surface area contributed by atoms with E-state index in [2.05, 4.69) is 24.9 Å². The van der Waals surface area contributed by atoms with Crippen LogP contribution in [0.15, 0.2) is 70.4 Å². The van der Waals surface area contributed by atoms with Gasteiger partial charge >= 0.3 is 206 Å². The Labute approximate surface area is 327 Å². The van der Waals surface area contributed by atoms with Crippen LogP contribution >= 0.6 is 23.2 Å². The van der Waals surface area contributed by atoms with Crippen LogP contribution in [0, 0.1) is 27.7 Å². The number of carbonyl (C=O) groups is 2. The Hall–Kier alpha value is -4.38. The molecule has 0 fully saturated rings. The van der Waals surface area contributed by atoms with Crippen molar-refractivity contribution in [2.24, 2.45) is 0 Å². The zero-order chi connectivity index (χ0) is 38.0. The first-order valence-corrected chi connectivity index (χ1v) is 21.8. The number of aryl methyl sites for hydroxylation is 4. The number of ether oxygens (including phenoxy) is 1. The number of alkyl halides is 1. The van der Waals surface area contributed by atoms with Gasteiger partial charge in [0.2, 0.25) is 0 Å². The molecule has 0 aliphatic carbocycles. The second-order valence-corrected chi connectivity index (χ2v) is 16.6. The van der Waals surface area contributed by atoms with E-state index in [1.54, 1.807) is 30.6 Å². The summed E-state index contributed by atoms with van der Waals surface area (Å²) in [6, 6.07) is 13.1. The summed E-state index contributed by atoms with van der Waals surface area (Å²) in [6.45, 7) is 8.20. The average Bonchev–Trinajstić information content (AvgIpc) is 3.85. The monoisotopic (exact) mass is 889 g/mol. The Morgan fingerprint density at radius 3 is 2.38 bits per heavy atom. The fourth-order valence-electron chi connectivity index (χ4n) is 6.14. The molecule has 0 aliphatic rings. The number of nitrogens with one attached hydrogen (secondary N) is 3. The topological polar surface area (TPSA) is 161 Å². The van der Waals surface area contributed by atoms with Gasteiger partial charge in [0, 0.05) is 24.0 Å². The Bertz CT molecular complexity index is 2440. The summed E-state index contributed by atoms with van der Waals surface area (Å²) in [6.07, 6.45) is 4.03. The molecule has 2 aromatic carbocycles. The van der Waals surface area contributed by atoms with Gasteiger partial charge in [0.1, 0.15) is 0 Å². The molecular formula is C37H36Cl2IN6O6S-. The van der Waals surface area contributed by atoms with Gasteiger partial charge in [-0.3, -0.25) is 9.78 Å². The molecule has 0 aliphatic heterocycles. The van der Waals surface area contributed by atoms with Gasteiger partial charge in [-0.15, -0.1) is 0 Å². The van der Waals surface area contributed by atoms with Gasteiger partial charge in [-0.25, -0.2) is 0 Å². The molecule has 53 heavy (non-hydrogen) atoms. The summed E-state index contributed by atoms with van der Waals surface area (Å²) >= 11 is 12.8. The van der Waals surface area contributed by atoms with Crippen molar-refractivity contribution in [3.05, 3.63) is 116 Å². The van der Waals surface area contributed by atoms with E-state index in [-0.39, 0.29) is 18.0 Å². The summed E-state index contributed by atoms with van der Waals surface area (Å²) in [4.78, 5) is 35.9. The van der Waals surface area contributed by atoms with Gasteiger partial charge in [-0.1, -0.05) is 11.6 Å². The number of benzene rings is 2. The van der Waals surface area contributed by atoms with E-state index in [0.29, 0.717) is 57.3 Å². The number of carbonyl (C=O) groups excluding carboxylic acids is 2. The molecule has 0 saturated carbocycles. The Balaban J connectivity index is 1.30. The molecule has 0 spiro atoms. The number of furan rings is 1. The van der Waals surface area contributed by atoms with E-state index < -0.39 is 48.4 Å². The van der Waals surface area contributed by atoms with E-state index in [1.165, 1.54) is 6.07 Å². The van der Waals surface area contributed by atoms with Crippen LogP contribution in [0.5, 0.6) is 5.75 Å². The maximum atomic E-state index is 14.0. The van der Waals surface area contributed by atoms with E-state index in [9.17, 15) is 18.0 Å². The minimum absolute atomic E-state index is 0.0396. The van der Waals surface area contributed by atoms with Gasteiger partial charge < -0.3 is 5.32 Å². The van der Waals surface area contributed by atoms with Crippen LogP contribution in [-0.2, 0) is 23.0 Å². The number of nitrogens with zero attached hydrogens (tertiary/aromatic N) is 3. The van der Waals surface area contributed by atoms with Gasteiger partial charge in [0.15, 0.2) is 5.76 Å². The molecule has 4 aromatic heterocycles. The van der Waals surface area contributed by atoms with E-state index in [1.807, 2.05) is 48.8 Å². The second-order valence-electron chi connectivity index (χ2n) is 12.3. The van der Waals surface area contributed by atoms with Crippen molar-refractivity contribution in [3.63, 3.8) is 0 Å². The third kappa shape index (κ3) is 8.10. The SMILES string of the molecule is C[I-]n1nc(C)c(-c2c(Cl)ccc3c(CCCOc4cc(C)c(Cl)c(C)c4)c(C(=O)NS(=O)(=O)c4ccc(C(=O)NCc5ccncc5)o4)[nH]c23)c1C. The molecule has 0 atom stereocenters. The third-order valence-electron chi connectivity index (χ3n) is 8.66. The van der Waals surface area contributed by atoms with Crippen LogP contribution in [-0.4, -0.2) is 49.7 Å². The number of hydrogen-bond donors (Lipinski definition) is 3. The van der Waals surface area contributed by atoms with Gasteiger partial charge in [-0.2, -0.15) is 0 Å². The van der Waals surface area contributed by atoms with Gasteiger partial charge in [0.05, 0.1) is 0 Å². The van der Waals surface area contributed by atoms with Crippen LogP contribution in [0.25, 0.3) is 22.0 Å². The maximum absolute atomic E-state index is 14.0. The number of H-pyrrole nitrogens is 1. The Morgan fingerprint density at radius 2 is 1.70 bits per heavy atom. The fraction of sp³-hybridized carbons (Fsp3) is 0.243. The minimum atomic E-state index is -4.54. The molecule has 278 valence electrons. The van der Waals surface area contributed by atoms with Crippen molar-refractivity contribution in [2.45, 2.75) is 52.2 Å². The normalized spacial score (nSPS) is 11.7. The molecule has 4 heterocycles. The molecule has 12 nitrogen and oxygen atoms in total. The van der Waals surface area contributed by atoms with Crippen molar-refractivity contribution >= 4 is 55.9 Å². The third-order valence-corrected chi connectivity index (χ3v) is 12.6. The number of fused-ring (bicyclic) bond motifs is 1. The van der Waals surface area contributed by atoms with Crippen LogP contribution < -0.4 is 36.3 Å². The van der Waals surface area contributed by atoms with Gasteiger partial charge in [0.25, 0.3) is 5.91 Å². The first kappa shape index (κ1) is 38.3. The molecule has 6 aromatic rings. The summed E-state index contributed by atoms with van der Waals surface area (Å²) in [5.41, 5.74) is 7.03. The zero-order valence-electron chi connectivity index (χ0n) is 29.4. The number of hydrogen-bond acceptors (Lipinski definition) is 8. The fourth-order valence-corrected chi connectivity index (χ4v) is 8.90. The Morgan fingerprint density at radius 1 is 0.981 bits per heavy atom. The van der Waals surface area contributed by atoms with E-state index >= 15 is 0 Å². The summed E-state index contributed by atoms with van der Waals surface area (Å²) in [5.74, 6) is -1.09. The quantitative estimate of drug-likeness (QED) is 0.0889. The molecule has 0 bridgehead atoms. The number of sulfonamides is 1. The van der Waals surface area contributed by atoms with Crippen LogP contribution in [0.3, 0.4) is 0 Å². The average molecular weight is 891 g/mol. The molecule has 0 radical (unpaired) electrons.